The van der Waals surface area contributed by atoms with Crippen LogP contribution in [0, 0.1) is 12.7 Å². The smallest absolute Gasteiger partial charge is 0.406 e. The number of rotatable bonds is 5. The second-order valence-corrected chi connectivity index (χ2v) is 6.16. The fraction of sp³-hybridized carbons (Fsp3) is 0.0909. The maximum absolute atomic E-state index is 13.0. The Labute approximate surface area is 160 Å². The average Bonchev–Trinajstić information content (AvgIpc) is 2.64. The van der Waals surface area contributed by atoms with Crippen molar-refractivity contribution in [2.75, 3.05) is 5.32 Å². The van der Waals surface area contributed by atoms with Crippen LogP contribution in [0.2, 0.25) is 0 Å². The summed E-state index contributed by atoms with van der Waals surface area (Å²) in [6.07, 6.45) is -1.05. The van der Waals surface area contributed by atoms with Gasteiger partial charge in [0.15, 0.2) is 0 Å². The van der Waals surface area contributed by atoms with E-state index in [0.29, 0.717) is 0 Å². The van der Waals surface area contributed by atoms with Gasteiger partial charge >= 0.3 is 6.36 Å². The van der Waals surface area contributed by atoms with Crippen LogP contribution in [-0.4, -0.2) is 6.36 Å². The van der Waals surface area contributed by atoms with E-state index in [1.807, 2.05) is 31.2 Å². The number of hydrogen-bond donors (Lipinski definition) is 1. The summed E-state index contributed by atoms with van der Waals surface area (Å²) in [6, 6.07) is 17.5. The molecule has 0 bridgehead atoms. The topological polar surface area (TPSA) is 21.3 Å². The van der Waals surface area contributed by atoms with Gasteiger partial charge in [0.25, 0.3) is 0 Å². The molecule has 144 valence electrons. The summed E-state index contributed by atoms with van der Waals surface area (Å²) in [7, 11) is 0. The first kappa shape index (κ1) is 19.5. The number of anilines is 2. The first-order valence-electron chi connectivity index (χ1n) is 8.46. The van der Waals surface area contributed by atoms with Gasteiger partial charge in [0.2, 0.25) is 0 Å². The molecular formula is C22H17F4NO. The molecule has 0 aromatic heterocycles. The van der Waals surface area contributed by atoms with Crippen molar-refractivity contribution in [3.05, 3.63) is 89.2 Å². The molecule has 0 radical (unpaired) electrons. The summed E-state index contributed by atoms with van der Waals surface area (Å²) >= 11 is 0. The van der Waals surface area contributed by atoms with Crippen LogP contribution in [0.4, 0.5) is 28.9 Å². The molecule has 3 aromatic carbocycles. The van der Waals surface area contributed by atoms with Crippen LogP contribution in [0.5, 0.6) is 5.75 Å². The van der Waals surface area contributed by atoms with Gasteiger partial charge < -0.3 is 10.1 Å². The molecule has 0 aliphatic heterocycles. The second-order valence-electron chi connectivity index (χ2n) is 6.16. The van der Waals surface area contributed by atoms with Gasteiger partial charge in [0, 0.05) is 11.4 Å². The number of halogens is 4. The van der Waals surface area contributed by atoms with Crippen molar-refractivity contribution in [2.24, 2.45) is 0 Å². The van der Waals surface area contributed by atoms with E-state index in [1.165, 1.54) is 24.3 Å². The predicted molar refractivity (Wildman–Crippen MR) is 103 cm³/mol. The number of hydrogen-bond acceptors (Lipinski definition) is 2. The summed E-state index contributed by atoms with van der Waals surface area (Å²) in [4.78, 5) is 0. The average molecular weight is 387 g/mol. The maximum Gasteiger partial charge on any atom is 0.573 e. The van der Waals surface area contributed by atoms with Crippen molar-refractivity contribution >= 4 is 23.5 Å². The molecule has 0 saturated carbocycles. The molecule has 0 aliphatic rings. The SMILES string of the molecule is Cc1ccc(/C=C/c2ccc(OC(F)(F)F)cc2)cc1Nc1ccc(F)cc1. The highest BCUT2D eigenvalue weighted by atomic mass is 19.4. The van der Waals surface area contributed by atoms with E-state index in [0.717, 1.165) is 28.1 Å². The third-order valence-electron chi connectivity index (χ3n) is 3.97. The second kappa shape index (κ2) is 8.17. The number of nitrogens with one attached hydrogen (secondary N) is 1. The van der Waals surface area contributed by atoms with E-state index >= 15 is 0 Å². The fourth-order valence-electron chi connectivity index (χ4n) is 2.54. The Balaban J connectivity index is 1.72. The van der Waals surface area contributed by atoms with E-state index in [9.17, 15) is 17.6 Å². The number of alkyl halides is 3. The molecule has 0 saturated heterocycles. The lowest BCUT2D eigenvalue weighted by molar-refractivity contribution is -0.274. The highest BCUT2D eigenvalue weighted by Gasteiger charge is 2.30. The van der Waals surface area contributed by atoms with E-state index in [2.05, 4.69) is 10.1 Å². The Bertz CT molecular complexity index is 961. The molecule has 0 aliphatic carbocycles. The Kier molecular flexibility index (Phi) is 5.68. The van der Waals surface area contributed by atoms with Crippen LogP contribution in [0.3, 0.4) is 0 Å². The standard InChI is InChI=1S/C22H17F4NO/c1-15-2-3-17(14-21(15)27-19-10-8-18(23)9-11-19)5-4-16-6-12-20(13-7-16)28-22(24,25)26/h2-14,27H,1H3/b5-4+. The van der Waals surface area contributed by atoms with Gasteiger partial charge in [-0.3, -0.25) is 0 Å². The monoisotopic (exact) mass is 387 g/mol. The largest absolute Gasteiger partial charge is 0.573 e. The highest BCUT2D eigenvalue weighted by molar-refractivity contribution is 5.74. The lowest BCUT2D eigenvalue weighted by Gasteiger charge is -2.11. The number of ether oxygens (including phenoxy) is 1. The summed E-state index contributed by atoms with van der Waals surface area (Å²) in [5.41, 5.74) is 4.32. The van der Waals surface area contributed by atoms with Crippen molar-refractivity contribution in [1.29, 1.82) is 0 Å². The molecule has 3 rings (SSSR count). The molecule has 0 heterocycles. The fourth-order valence-corrected chi connectivity index (χ4v) is 2.54. The highest BCUT2D eigenvalue weighted by Crippen LogP contribution is 2.25. The van der Waals surface area contributed by atoms with Crippen molar-refractivity contribution in [2.45, 2.75) is 13.3 Å². The first-order chi connectivity index (χ1) is 13.3. The predicted octanol–water partition coefficient (Wildman–Crippen LogP) is 6.95. The third kappa shape index (κ3) is 5.61. The molecule has 0 unspecified atom stereocenters. The van der Waals surface area contributed by atoms with Crippen molar-refractivity contribution < 1.29 is 22.3 Å². The van der Waals surface area contributed by atoms with Crippen molar-refractivity contribution in [3.8, 4) is 5.75 Å². The third-order valence-corrected chi connectivity index (χ3v) is 3.97. The Hall–Kier alpha value is -3.28. The summed E-state index contributed by atoms with van der Waals surface area (Å²) in [5, 5.41) is 3.24. The molecule has 1 N–H and O–H groups in total. The van der Waals surface area contributed by atoms with Crippen LogP contribution in [0.25, 0.3) is 12.2 Å². The van der Waals surface area contributed by atoms with Crippen LogP contribution in [0.15, 0.2) is 66.7 Å². The van der Waals surface area contributed by atoms with Crippen LogP contribution >= 0.6 is 0 Å². The zero-order chi connectivity index (χ0) is 20.1. The first-order valence-corrected chi connectivity index (χ1v) is 8.46. The Morgan fingerprint density at radius 2 is 1.43 bits per heavy atom. The van der Waals surface area contributed by atoms with Gasteiger partial charge in [-0.2, -0.15) is 0 Å². The van der Waals surface area contributed by atoms with Gasteiger partial charge in [-0.15, -0.1) is 13.2 Å². The number of benzene rings is 3. The molecule has 3 aromatic rings. The Morgan fingerprint density at radius 1 is 0.821 bits per heavy atom. The molecule has 0 spiro atoms. The Morgan fingerprint density at radius 3 is 2.07 bits per heavy atom. The van der Waals surface area contributed by atoms with Gasteiger partial charge in [0.05, 0.1) is 0 Å². The van der Waals surface area contributed by atoms with Gasteiger partial charge in [-0.05, 0) is 66.1 Å². The molecule has 6 heteroatoms. The van der Waals surface area contributed by atoms with E-state index in [-0.39, 0.29) is 11.6 Å². The lowest BCUT2D eigenvalue weighted by Crippen LogP contribution is -2.16. The number of aryl methyl sites for hydroxylation is 1. The summed E-state index contributed by atoms with van der Waals surface area (Å²) in [6.45, 7) is 1.96. The normalized spacial score (nSPS) is 11.6. The minimum atomic E-state index is -4.70. The van der Waals surface area contributed by atoms with E-state index in [1.54, 1.807) is 30.3 Å². The van der Waals surface area contributed by atoms with Gasteiger partial charge in [-0.1, -0.05) is 36.4 Å². The zero-order valence-corrected chi connectivity index (χ0v) is 14.9. The molecule has 0 fully saturated rings. The van der Waals surface area contributed by atoms with Crippen LogP contribution in [0.1, 0.15) is 16.7 Å². The maximum atomic E-state index is 13.0. The van der Waals surface area contributed by atoms with Crippen LogP contribution in [-0.2, 0) is 0 Å². The molecular weight excluding hydrogens is 370 g/mol. The minimum Gasteiger partial charge on any atom is -0.406 e. The zero-order valence-electron chi connectivity index (χ0n) is 14.9. The molecule has 0 amide bonds. The van der Waals surface area contributed by atoms with Crippen molar-refractivity contribution in [1.82, 2.24) is 0 Å². The van der Waals surface area contributed by atoms with Crippen LogP contribution < -0.4 is 10.1 Å². The summed E-state index contributed by atoms with van der Waals surface area (Å²) < 4.78 is 53.5. The van der Waals surface area contributed by atoms with E-state index < -0.39 is 6.36 Å². The van der Waals surface area contributed by atoms with E-state index in [4.69, 9.17) is 0 Å². The minimum absolute atomic E-state index is 0.259. The summed E-state index contributed by atoms with van der Waals surface area (Å²) in [5.74, 6) is -0.559. The molecule has 0 atom stereocenters. The lowest BCUT2D eigenvalue weighted by atomic mass is 10.1. The molecule has 28 heavy (non-hydrogen) atoms. The quantitative estimate of drug-likeness (QED) is 0.378. The van der Waals surface area contributed by atoms with Crippen molar-refractivity contribution in [3.63, 3.8) is 0 Å². The molecule has 2 nitrogen and oxygen atoms in total. The van der Waals surface area contributed by atoms with Gasteiger partial charge in [0.1, 0.15) is 11.6 Å². The van der Waals surface area contributed by atoms with Gasteiger partial charge in [-0.25, -0.2) is 4.39 Å².